The summed E-state index contributed by atoms with van der Waals surface area (Å²) in [4.78, 5) is 23.4. The number of anilines is 1. The molecule has 5 rings (SSSR count). The minimum atomic E-state index is -0.843. The van der Waals surface area contributed by atoms with Gasteiger partial charge in [-0.15, -0.1) is 0 Å². The first-order chi connectivity index (χ1) is 15.1. The van der Waals surface area contributed by atoms with E-state index in [4.69, 9.17) is 0 Å². The van der Waals surface area contributed by atoms with Crippen LogP contribution in [-0.2, 0) is 12.6 Å². The molecule has 0 spiro atoms. The van der Waals surface area contributed by atoms with Crippen molar-refractivity contribution in [1.82, 2.24) is 14.5 Å². The van der Waals surface area contributed by atoms with Gasteiger partial charge in [-0.05, 0) is 37.0 Å². The van der Waals surface area contributed by atoms with Crippen LogP contribution in [0.1, 0.15) is 37.7 Å². The Morgan fingerprint density at radius 3 is 2.58 bits per heavy atom. The molecule has 1 saturated carbocycles. The van der Waals surface area contributed by atoms with Crippen molar-refractivity contribution in [1.29, 1.82) is 0 Å². The summed E-state index contributed by atoms with van der Waals surface area (Å²) in [6, 6.07) is 15.6. The minimum absolute atomic E-state index is 0.110. The molecule has 1 aliphatic carbocycles. The summed E-state index contributed by atoms with van der Waals surface area (Å²) < 4.78 is 2.01. The Morgan fingerprint density at radius 1 is 1.06 bits per heavy atom. The summed E-state index contributed by atoms with van der Waals surface area (Å²) in [6.07, 6.45) is 8.30. The topological polar surface area (TPSA) is 71.2 Å². The van der Waals surface area contributed by atoms with Crippen molar-refractivity contribution in [3.05, 3.63) is 76.8 Å². The van der Waals surface area contributed by atoms with E-state index >= 15 is 0 Å². The van der Waals surface area contributed by atoms with Crippen molar-refractivity contribution < 1.29 is 5.11 Å². The average Bonchev–Trinajstić information content (AvgIpc) is 2.82. The van der Waals surface area contributed by atoms with E-state index in [0.29, 0.717) is 18.9 Å². The molecule has 3 atom stereocenters. The smallest absolute Gasteiger partial charge is 0.275 e. The Labute approximate surface area is 182 Å². The summed E-state index contributed by atoms with van der Waals surface area (Å²) in [7, 11) is 1.97. The molecule has 6 nitrogen and oxygen atoms in total. The molecular weight excluding hydrogens is 388 g/mol. The van der Waals surface area contributed by atoms with Gasteiger partial charge in [-0.2, -0.15) is 4.98 Å². The van der Waals surface area contributed by atoms with Crippen LogP contribution in [0.4, 0.5) is 5.95 Å². The van der Waals surface area contributed by atoms with E-state index < -0.39 is 5.60 Å². The normalized spacial score (nSPS) is 25.8. The third kappa shape index (κ3) is 3.45. The molecule has 1 saturated heterocycles. The Kier molecular flexibility index (Phi) is 5.10. The van der Waals surface area contributed by atoms with Crippen LogP contribution in [0.3, 0.4) is 0 Å². The maximum atomic E-state index is 12.6. The number of pyridine rings is 1. The predicted molar refractivity (Wildman–Crippen MR) is 121 cm³/mol. The highest BCUT2D eigenvalue weighted by atomic mass is 16.3. The molecule has 0 amide bonds. The molecule has 0 bridgehead atoms. The van der Waals surface area contributed by atoms with Gasteiger partial charge in [-0.3, -0.25) is 9.78 Å². The number of aromatic nitrogens is 3. The molecular formula is C25H28N4O2. The van der Waals surface area contributed by atoms with Gasteiger partial charge in [0.1, 0.15) is 0 Å². The van der Waals surface area contributed by atoms with Crippen LogP contribution < -0.4 is 10.5 Å². The Balaban J connectivity index is 1.57. The van der Waals surface area contributed by atoms with Crippen molar-refractivity contribution in [3.8, 4) is 11.3 Å². The quantitative estimate of drug-likeness (QED) is 0.708. The molecule has 0 radical (unpaired) electrons. The van der Waals surface area contributed by atoms with Gasteiger partial charge in [0.05, 0.1) is 11.3 Å². The number of aliphatic hydroxyl groups is 1. The molecule has 31 heavy (non-hydrogen) atoms. The number of hydrogen-bond donors (Lipinski definition) is 1. The maximum Gasteiger partial charge on any atom is 0.275 e. The molecule has 2 fully saturated rings. The van der Waals surface area contributed by atoms with Gasteiger partial charge in [0.25, 0.3) is 5.56 Å². The first-order valence-corrected chi connectivity index (χ1v) is 11.1. The van der Waals surface area contributed by atoms with Crippen molar-refractivity contribution in [2.75, 3.05) is 11.4 Å². The first kappa shape index (κ1) is 19.9. The van der Waals surface area contributed by atoms with E-state index in [0.717, 1.165) is 42.5 Å². The van der Waals surface area contributed by atoms with Gasteiger partial charge >= 0.3 is 0 Å². The van der Waals surface area contributed by atoms with E-state index in [2.05, 4.69) is 14.9 Å². The number of benzene rings is 1. The Bertz CT molecular complexity index is 1120. The largest absolute Gasteiger partial charge is 0.385 e. The van der Waals surface area contributed by atoms with E-state index in [1.807, 2.05) is 54.1 Å². The lowest BCUT2D eigenvalue weighted by molar-refractivity contribution is -0.0693. The zero-order chi connectivity index (χ0) is 21.4. The standard InChI is InChI=1S/C25H28N4O2/c1-28-22(18-11-14-26-15-12-18)17-23(30)27-24(28)29-16-13-25(31,19-7-3-2-4-8-19)20-9-5-6-10-21(20)29/h2-4,7-8,11-12,14-15,17,20-21,31H,5-6,9-10,13,16H2,1H3/t20-,21+,25+/m0/s1. The van der Waals surface area contributed by atoms with Crippen molar-refractivity contribution in [2.24, 2.45) is 13.0 Å². The van der Waals surface area contributed by atoms with E-state index in [9.17, 15) is 9.90 Å². The monoisotopic (exact) mass is 416 g/mol. The Morgan fingerprint density at radius 2 is 1.81 bits per heavy atom. The van der Waals surface area contributed by atoms with Crippen LogP contribution in [0.5, 0.6) is 0 Å². The maximum absolute atomic E-state index is 12.6. The molecule has 160 valence electrons. The van der Waals surface area contributed by atoms with Gasteiger partial charge in [0.15, 0.2) is 0 Å². The number of nitrogens with zero attached hydrogens (tertiary/aromatic N) is 4. The van der Waals surface area contributed by atoms with Crippen LogP contribution >= 0.6 is 0 Å². The molecule has 0 unspecified atom stereocenters. The van der Waals surface area contributed by atoms with Gasteiger partial charge in [0.2, 0.25) is 5.95 Å². The van der Waals surface area contributed by atoms with Crippen molar-refractivity contribution in [2.45, 2.75) is 43.7 Å². The lowest BCUT2D eigenvalue weighted by Crippen LogP contribution is -2.58. The zero-order valence-electron chi connectivity index (χ0n) is 17.8. The van der Waals surface area contributed by atoms with E-state index in [-0.39, 0.29) is 17.5 Å². The third-order valence-corrected chi connectivity index (χ3v) is 7.12. The summed E-state index contributed by atoms with van der Waals surface area (Å²) in [5.74, 6) is 0.796. The molecule has 2 aliphatic rings. The Hall–Kier alpha value is -2.99. The summed E-state index contributed by atoms with van der Waals surface area (Å²) in [5.41, 5.74) is 1.68. The number of hydrogen-bond acceptors (Lipinski definition) is 5. The highest BCUT2D eigenvalue weighted by Crippen LogP contribution is 2.47. The van der Waals surface area contributed by atoms with Gasteiger partial charge in [-0.1, -0.05) is 43.2 Å². The summed E-state index contributed by atoms with van der Waals surface area (Å²) in [5, 5.41) is 11.8. The van der Waals surface area contributed by atoms with E-state index in [1.165, 1.54) is 0 Å². The van der Waals surface area contributed by atoms with Crippen LogP contribution in [-0.4, -0.2) is 32.2 Å². The second-order valence-corrected chi connectivity index (χ2v) is 8.77. The fraction of sp³-hybridized carbons (Fsp3) is 0.400. The summed E-state index contributed by atoms with van der Waals surface area (Å²) >= 11 is 0. The van der Waals surface area contributed by atoms with Gasteiger partial charge < -0.3 is 14.6 Å². The fourth-order valence-corrected chi connectivity index (χ4v) is 5.60. The lowest BCUT2D eigenvalue weighted by Gasteiger charge is -2.53. The SMILES string of the molecule is Cn1c(-c2ccncc2)cc(=O)nc1N1CC[C@@](O)(c2ccccc2)[C@H]2CCCC[C@H]21. The number of rotatable bonds is 3. The first-order valence-electron chi connectivity index (χ1n) is 11.1. The molecule has 1 aromatic carbocycles. The minimum Gasteiger partial charge on any atom is -0.385 e. The highest BCUT2D eigenvalue weighted by molar-refractivity contribution is 5.60. The van der Waals surface area contributed by atoms with Crippen LogP contribution in [0.25, 0.3) is 11.3 Å². The van der Waals surface area contributed by atoms with Crippen LogP contribution in [0.15, 0.2) is 65.7 Å². The number of fused-ring (bicyclic) bond motifs is 1. The molecule has 3 aromatic rings. The van der Waals surface area contributed by atoms with Crippen LogP contribution in [0.2, 0.25) is 0 Å². The van der Waals surface area contributed by atoms with Gasteiger partial charge in [-0.25, -0.2) is 0 Å². The van der Waals surface area contributed by atoms with Crippen LogP contribution in [0, 0.1) is 5.92 Å². The molecule has 2 aromatic heterocycles. The summed E-state index contributed by atoms with van der Waals surface area (Å²) in [6.45, 7) is 0.659. The van der Waals surface area contributed by atoms with E-state index in [1.54, 1.807) is 18.5 Å². The second kappa shape index (κ2) is 7.93. The zero-order valence-corrected chi connectivity index (χ0v) is 17.8. The lowest BCUT2D eigenvalue weighted by atomic mass is 9.66. The molecule has 6 heteroatoms. The third-order valence-electron chi connectivity index (χ3n) is 7.12. The van der Waals surface area contributed by atoms with Gasteiger partial charge in [0, 0.05) is 49.6 Å². The fourth-order valence-electron chi connectivity index (χ4n) is 5.60. The molecule has 3 heterocycles. The average molecular weight is 417 g/mol. The second-order valence-electron chi connectivity index (χ2n) is 8.77. The molecule has 1 N–H and O–H groups in total. The molecule has 1 aliphatic heterocycles. The van der Waals surface area contributed by atoms with Crippen molar-refractivity contribution in [3.63, 3.8) is 0 Å². The predicted octanol–water partition coefficient (Wildman–Crippen LogP) is 3.50. The highest BCUT2D eigenvalue weighted by Gasteiger charge is 2.49. The van der Waals surface area contributed by atoms with Crippen molar-refractivity contribution >= 4 is 5.95 Å². The number of piperidine rings is 1.